The summed E-state index contributed by atoms with van der Waals surface area (Å²) in [6.07, 6.45) is 1.25. The molecule has 0 aliphatic rings. The average molecular weight is 459 g/mol. The van der Waals surface area contributed by atoms with Crippen molar-refractivity contribution in [3.63, 3.8) is 0 Å². The van der Waals surface area contributed by atoms with Gasteiger partial charge in [-0.05, 0) is 49.1 Å². The number of nitrogens with one attached hydrogen (secondary N) is 1. The molecule has 3 aromatic carbocycles. The van der Waals surface area contributed by atoms with Crippen LogP contribution in [0.15, 0.2) is 78.9 Å². The van der Waals surface area contributed by atoms with E-state index in [1.54, 1.807) is 4.90 Å². The molecule has 0 spiro atoms. The fourth-order valence-corrected chi connectivity index (χ4v) is 3.75. The molecule has 3 rings (SSSR count). The minimum absolute atomic E-state index is 0.138. The molecule has 0 radical (unpaired) electrons. The second kappa shape index (κ2) is 12.6. The van der Waals surface area contributed by atoms with Crippen molar-refractivity contribution >= 4 is 11.8 Å². The lowest BCUT2D eigenvalue weighted by molar-refractivity contribution is -0.142. The summed E-state index contributed by atoms with van der Waals surface area (Å²) in [7, 11) is 0. The summed E-state index contributed by atoms with van der Waals surface area (Å²) < 4.78 is 5.81. The van der Waals surface area contributed by atoms with Crippen molar-refractivity contribution in [2.75, 3.05) is 13.2 Å². The van der Waals surface area contributed by atoms with Crippen molar-refractivity contribution in [3.05, 3.63) is 101 Å². The lowest BCUT2D eigenvalue weighted by atomic mass is 10.0. The van der Waals surface area contributed by atoms with Gasteiger partial charge >= 0.3 is 0 Å². The second-order valence-electron chi connectivity index (χ2n) is 8.55. The molecule has 1 unspecified atom stereocenters. The Morgan fingerprint density at radius 3 is 2.26 bits per heavy atom. The molecule has 2 amide bonds. The number of amides is 2. The number of carbonyl (C=O) groups excluding carboxylic acids is 2. The first-order chi connectivity index (χ1) is 16.5. The zero-order chi connectivity index (χ0) is 24.3. The summed E-state index contributed by atoms with van der Waals surface area (Å²) in [6, 6.07) is 24.7. The highest BCUT2D eigenvalue weighted by molar-refractivity contribution is 5.88. The number of carbonyl (C=O) groups is 2. The van der Waals surface area contributed by atoms with Gasteiger partial charge in [-0.25, -0.2) is 0 Å². The van der Waals surface area contributed by atoms with E-state index in [1.165, 1.54) is 0 Å². The Bertz CT molecular complexity index is 1060. The van der Waals surface area contributed by atoms with Gasteiger partial charge < -0.3 is 15.0 Å². The summed E-state index contributed by atoms with van der Waals surface area (Å²) in [5.74, 6) is 0.254. The summed E-state index contributed by atoms with van der Waals surface area (Å²) in [5.41, 5.74) is 4.20. The first kappa shape index (κ1) is 25.0. The van der Waals surface area contributed by atoms with Crippen LogP contribution < -0.4 is 10.1 Å². The van der Waals surface area contributed by atoms with Crippen molar-refractivity contribution in [1.82, 2.24) is 10.2 Å². The first-order valence-corrected chi connectivity index (χ1v) is 11.8. The van der Waals surface area contributed by atoms with E-state index < -0.39 is 6.04 Å². The molecule has 0 saturated carbocycles. The Labute approximate surface area is 202 Å². The normalized spacial score (nSPS) is 11.5. The molecule has 5 nitrogen and oxygen atoms in total. The van der Waals surface area contributed by atoms with Gasteiger partial charge in [0.2, 0.25) is 5.91 Å². The summed E-state index contributed by atoms with van der Waals surface area (Å²) in [4.78, 5) is 28.5. The van der Waals surface area contributed by atoms with Crippen LogP contribution in [-0.2, 0) is 22.6 Å². The van der Waals surface area contributed by atoms with Crippen molar-refractivity contribution in [2.24, 2.45) is 0 Å². The third kappa shape index (κ3) is 7.20. The quantitative estimate of drug-likeness (QED) is 0.447. The molecule has 0 bridgehead atoms. The fourth-order valence-electron chi connectivity index (χ4n) is 3.75. The van der Waals surface area contributed by atoms with Crippen LogP contribution in [0.1, 0.15) is 35.6 Å². The van der Waals surface area contributed by atoms with E-state index >= 15 is 0 Å². The standard InChI is InChI=1S/C29H34N2O3/c1-4-18-30-29(33)27(19-24-11-6-5-7-12-24)31(20-25-13-9-8-10-23(25)3)28(32)21-34-26-16-14-22(2)15-17-26/h5-17,27H,4,18-21H2,1-3H3,(H,30,33). The summed E-state index contributed by atoms with van der Waals surface area (Å²) in [5, 5.41) is 2.99. The summed E-state index contributed by atoms with van der Waals surface area (Å²) in [6.45, 7) is 6.79. The fraction of sp³-hybridized carbons (Fsp3) is 0.310. The number of hydrogen-bond acceptors (Lipinski definition) is 3. The molecule has 34 heavy (non-hydrogen) atoms. The van der Waals surface area contributed by atoms with Crippen LogP contribution in [0.2, 0.25) is 0 Å². The molecule has 0 saturated heterocycles. The average Bonchev–Trinajstić information content (AvgIpc) is 2.85. The van der Waals surface area contributed by atoms with Gasteiger partial charge in [-0.1, -0.05) is 79.2 Å². The maximum Gasteiger partial charge on any atom is 0.261 e. The monoisotopic (exact) mass is 458 g/mol. The maximum absolute atomic E-state index is 13.5. The van der Waals surface area contributed by atoms with Gasteiger partial charge in [-0.2, -0.15) is 0 Å². The number of benzene rings is 3. The highest BCUT2D eigenvalue weighted by Gasteiger charge is 2.30. The van der Waals surface area contributed by atoms with Crippen molar-refractivity contribution in [1.29, 1.82) is 0 Å². The number of hydrogen-bond donors (Lipinski definition) is 1. The Kier molecular flexibility index (Phi) is 9.27. The van der Waals surface area contributed by atoms with Crippen LogP contribution in [0.4, 0.5) is 0 Å². The molecular weight excluding hydrogens is 424 g/mol. The van der Waals surface area contributed by atoms with Crippen LogP contribution in [0.5, 0.6) is 5.75 Å². The predicted molar refractivity (Wildman–Crippen MR) is 136 cm³/mol. The molecule has 178 valence electrons. The van der Waals surface area contributed by atoms with E-state index in [0.29, 0.717) is 25.3 Å². The third-order valence-corrected chi connectivity index (χ3v) is 5.81. The lowest BCUT2D eigenvalue weighted by Crippen LogP contribution is -2.51. The largest absolute Gasteiger partial charge is 0.484 e. The van der Waals surface area contributed by atoms with Crippen LogP contribution >= 0.6 is 0 Å². The van der Waals surface area contributed by atoms with Gasteiger partial charge in [-0.15, -0.1) is 0 Å². The highest BCUT2D eigenvalue weighted by Crippen LogP contribution is 2.18. The van der Waals surface area contributed by atoms with Gasteiger partial charge in [0.1, 0.15) is 11.8 Å². The van der Waals surface area contributed by atoms with E-state index in [9.17, 15) is 9.59 Å². The minimum Gasteiger partial charge on any atom is -0.484 e. The molecule has 3 aromatic rings. The topological polar surface area (TPSA) is 58.6 Å². The predicted octanol–water partition coefficient (Wildman–Crippen LogP) is 4.85. The van der Waals surface area contributed by atoms with E-state index in [-0.39, 0.29) is 18.4 Å². The van der Waals surface area contributed by atoms with Gasteiger partial charge in [0.15, 0.2) is 6.61 Å². The van der Waals surface area contributed by atoms with Crippen LogP contribution in [-0.4, -0.2) is 35.9 Å². The van der Waals surface area contributed by atoms with Crippen LogP contribution in [0.3, 0.4) is 0 Å². The lowest BCUT2D eigenvalue weighted by Gasteiger charge is -2.32. The van der Waals surface area contributed by atoms with Crippen LogP contribution in [0.25, 0.3) is 0 Å². The summed E-state index contributed by atoms with van der Waals surface area (Å²) >= 11 is 0. The van der Waals surface area contributed by atoms with E-state index in [2.05, 4.69) is 5.32 Å². The molecule has 1 atom stereocenters. The zero-order valence-corrected chi connectivity index (χ0v) is 20.3. The molecule has 0 fully saturated rings. The second-order valence-corrected chi connectivity index (χ2v) is 8.55. The van der Waals surface area contributed by atoms with Crippen molar-refractivity contribution in [3.8, 4) is 5.75 Å². The molecule has 1 N–H and O–H groups in total. The molecule has 0 aliphatic heterocycles. The Hall–Kier alpha value is -3.60. The number of ether oxygens (including phenoxy) is 1. The van der Waals surface area contributed by atoms with E-state index in [0.717, 1.165) is 28.7 Å². The van der Waals surface area contributed by atoms with Gasteiger partial charge in [0.25, 0.3) is 5.91 Å². The number of aryl methyl sites for hydroxylation is 2. The maximum atomic E-state index is 13.5. The van der Waals surface area contributed by atoms with Gasteiger partial charge in [0.05, 0.1) is 0 Å². The van der Waals surface area contributed by atoms with E-state index in [4.69, 9.17) is 4.74 Å². The molecule has 5 heteroatoms. The Morgan fingerprint density at radius 1 is 0.912 bits per heavy atom. The molecule has 0 aromatic heterocycles. The SMILES string of the molecule is CCCNC(=O)C(Cc1ccccc1)N(Cc1ccccc1C)C(=O)COc1ccc(C)cc1. The minimum atomic E-state index is -0.650. The van der Waals surface area contributed by atoms with Crippen molar-refractivity contribution in [2.45, 2.75) is 46.2 Å². The van der Waals surface area contributed by atoms with Gasteiger partial charge in [-0.3, -0.25) is 9.59 Å². The molecule has 0 heterocycles. The Morgan fingerprint density at radius 2 is 1.59 bits per heavy atom. The number of rotatable bonds is 11. The zero-order valence-electron chi connectivity index (χ0n) is 20.3. The third-order valence-electron chi connectivity index (χ3n) is 5.81. The highest BCUT2D eigenvalue weighted by atomic mass is 16.5. The van der Waals surface area contributed by atoms with E-state index in [1.807, 2.05) is 99.6 Å². The van der Waals surface area contributed by atoms with Crippen molar-refractivity contribution < 1.29 is 14.3 Å². The smallest absolute Gasteiger partial charge is 0.261 e. The number of nitrogens with zero attached hydrogens (tertiary/aromatic N) is 1. The van der Waals surface area contributed by atoms with Gasteiger partial charge in [0, 0.05) is 19.5 Å². The molecular formula is C29H34N2O3. The first-order valence-electron chi connectivity index (χ1n) is 11.8. The van der Waals surface area contributed by atoms with Crippen LogP contribution in [0, 0.1) is 13.8 Å². The Balaban J connectivity index is 1.89. The molecule has 0 aliphatic carbocycles.